The van der Waals surface area contributed by atoms with Gasteiger partial charge >= 0.3 is 10.1 Å². The van der Waals surface area contributed by atoms with Crippen LogP contribution in [0.3, 0.4) is 0 Å². The molecule has 0 aromatic heterocycles. The van der Waals surface area contributed by atoms with Crippen molar-refractivity contribution >= 4 is 10.1 Å². The lowest BCUT2D eigenvalue weighted by Crippen LogP contribution is -2.25. The van der Waals surface area contributed by atoms with Crippen LogP contribution in [0.4, 0.5) is 0 Å². The summed E-state index contributed by atoms with van der Waals surface area (Å²) in [5.74, 6) is 0. The SMILES string of the molecule is Cc1ccc(S(=O)(=O)ON2C=CN(C)C2)cc1. The van der Waals surface area contributed by atoms with Gasteiger partial charge in [0, 0.05) is 19.4 Å². The lowest BCUT2D eigenvalue weighted by atomic mass is 10.2. The molecule has 0 amide bonds. The number of hydrogen-bond donors (Lipinski definition) is 0. The summed E-state index contributed by atoms with van der Waals surface area (Å²) in [5, 5.41) is 1.27. The van der Waals surface area contributed by atoms with E-state index in [0.29, 0.717) is 6.67 Å². The zero-order valence-electron chi connectivity index (χ0n) is 9.70. The van der Waals surface area contributed by atoms with E-state index in [1.165, 1.54) is 17.2 Å². The van der Waals surface area contributed by atoms with Crippen LogP contribution in [0.5, 0.6) is 0 Å². The van der Waals surface area contributed by atoms with E-state index < -0.39 is 10.1 Å². The maximum Gasteiger partial charge on any atom is 0.317 e. The van der Waals surface area contributed by atoms with E-state index in [4.69, 9.17) is 4.28 Å². The molecular formula is C11H14N2O3S. The predicted octanol–water partition coefficient (Wildman–Crippen LogP) is 1.29. The minimum absolute atomic E-state index is 0.158. The summed E-state index contributed by atoms with van der Waals surface area (Å²) in [6.07, 6.45) is 3.32. The van der Waals surface area contributed by atoms with Gasteiger partial charge in [-0.2, -0.15) is 8.42 Å². The molecule has 2 rings (SSSR count). The summed E-state index contributed by atoms with van der Waals surface area (Å²) in [7, 11) is -1.90. The minimum Gasteiger partial charge on any atom is -0.360 e. The molecule has 0 radical (unpaired) electrons. The molecule has 0 spiro atoms. The largest absolute Gasteiger partial charge is 0.360 e. The minimum atomic E-state index is -3.74. The molecule has 1 aromatic rings. The lowest BCUT2D eigenvalue weighted by Gasteiger charge is -2.16. The average Bonchev–Trinajstić information content (AvgIpc) is 2.63. The van der Waals surface area contributed by atoms with Crippen molar-refractivity contribution in [2.75, 3.05) is 13.7 Å². The van der Waals surface area contributed by atoms with E-state index in [0.717, 1.165) is 5.56 Å². The number of hydrogen-bond acceptors (Lipinski definition) is 5. The number of benzene rings is 1. The first kappa shape index (κ1) is 11.9. The van der Waals surface area contributed by atoms with Crippen LogP contribution in [0.25, 0.3) is 0 Å². The second-order valence-corrected chi connectivity index (χ2v) is 5.48. The second-order valence-electron chi connectivity index (χ2n) is 3.96. The number of rotatable bonds is 3. The van der Waals surface area contributed by atoms with E-state index >= 15 is 0 Å². The van der Waals surface area contributed by atoms with Crippen molar-refractivity contribution in [3.63, 3.8) is 0 Å². The monoisotopic (exact) mass is 254 g/mol. The Balaban J connectivity index is 2.14. The standard InChI is InChI=1S/C11H14N2O3S/c1-10-3-5-11(6-4-10)17(14,15)16-13-8-7-12(2)9-13/h3-8H,9H2,1-2H3. The highest BCUT2D eigenvalue weighted by atomic mass is 32.2. The molecule has 0 bridgehead atoms. The molecule has 5 nitrogen and oxygen atoms in total. The maximum absolute atomic E-state index is 11.9. The topological polar surface area (TPSA) is 49.9 Å². The normalized spacial score (nSPS) is 15.6. The fourth-order valence-electron chi connectivity index (χ4n) is 1.42. The van der Waals surface area contributed by atoms with Gasteiger partial charge in [-0.1, -0.05) is 17.7 Å². The number of aryl methyl sites for hydroxylation is 1. The van der Waals surface area contributed by atoms with Crippen LogP contribution in [0.1, 0.15) is 5.56 Å². The Hall–Kier alpha value is -1.53. The lowest BCUT2D eigenvalue weighted by molar-refractivity contribution is -0.0119. The van der Waals surface area contributed by atoms with Gasteiger partial charge in [-0.05, 0) is 19.1 Å². The van der Waals surface area contributed by atoms with Crippen LogP contribution in [0.15, 0.2) is 41.6 Å². The Labute approximate surface area is 101 Å². The Morgan fingerprint density at radius 1 is 1.18 bits per heavy atom. The molecular weight excluding hydrogens is 240 g/mol. The van der Waals surface area contributed by atoms with E-state index in [1.807, 2.05) is 18.9 Å². The van der Waals surface area contributed by atoms with Gasteiger partial charge in [-0.25, -0.2) is 5.06 Å². The first-order valence-electron chi connectivity index (χ1n) is 5.14. The second kappa shape index (κ2) is 4.38. The zero-order valence-corrected chi connectivity index (χ0v) is 10.5. The van der Waals surface area contributed by atoms with Gasteiger partial charge in [-0.15, -0.1) is 4.28 Å². The van der Waals surface area contributed by atoms with E-state index in [2.05, 4.69) is 0 Å². The fourth-order valence-corrected chi connectivity index (χ4v) is 2.33. The summed E-state index contributed by atoms with van der Waals surface area (Å²) in [5.41, 5.74) is 1.00. The molecule has 92 valence electrons. The van der Waals surface area contributed by atoms with Gasteiger partial charge in [0.15, 0.2) is 0 Å². The van der Waals surface area contributed by atoms with Gasteiger partial charge in [0.25, 0.3) is 0 Å². The predicted molar refractivity (Wildman–Crippen MR) is 63.1 cm³/mol. The van der Waals surface area contributed by atoms with Crippen molar-refractivity contribution in [2.45, 2.75) is 11.8 Å². The molecule has 0 atom stereocenters. The fraction of sp³-hybridized carbons (Fsp3) is 0.273. The zero-order chi connectivity index (χ0) is 12.5. The van der Waals surface area contributed by atoms with Crippen LogP contribution in [0.2, 0.25) is 0 Å². The molecule has 0 unspecified atom stereocenters. The smallest absolute Gasteiger partial charge is 0.317 e. The summed E-state index contributed by atoms with van der Waals surface area (Å²) >= 11 is 0. The third-order valence-electron chi connectivity index (χ3n) is 2.35. The van der Waals surface area contributed by atoms with Crippen LogP contribution in [0, 0.1) is 6.92 Å². The highest BCUT2D eigenvalue weighted by Crippen LogP contribution is 2.16. The van der Waals surface area contributed by atoms with Crippen LogP contribution >= 0.6 is 0 Å². The van der Waals surface area contributed by atoms with Crippen molar-refractivity contribution in [1.29, 1.82) is 0 Å². The quantitative estimate of drug-likeness (QED) is 0.813. The molecule has 0 N–H and O–H groups in total. The summed E-state index contributed by atoms with van der Waals surface area (Å²) in [6, 6.07) is 6.55. The Morgan fingerprint density at radius 3 is 2.35 bits per heavy atom. The van der Waals surface area contributed by atoms with Gasteiger partial charge in [0.1, 0.15) is 6.67 Å². The molecule has 0 aliphatic carbocycles. The van der Waals surface area contributed by atoms with Crippen LogP contribution < -0.4 is 0 Å². The molecule has 1 aliphatic heterocycles. The van der Waals surface area contributed by atoms with E-state index in [1.54, 1.807) is 24.5 Å². The Morgan fingerprint density at radius 2 is 1.82 bits per heavy atom. The van der Waals surface area contributed by atoms with E-state index in [9.17, 15) is 8.42 Å². The van der Waals surface area contributed by atoms with Crippen molar-refractivity contribution < 1.29 is 12.7 Å². The molecule has 1 aromatic carbocycles. The molecule has 6 heteroatoms. The molecule has 0 saturated heterocycles. The van der Waals surface area contributed by atoms with Gasteiger partial charge in [0.05, 0.1) is 4.90 Å². The number of hydroxylamine groups is 2. The third kappa shape index (κ3) is 2.78. The molecule has 17 heavy (non-hydrogen) atoms. The van der Waals surface area contributed by atoms with Crippen molar-refractivity contribution in [1.82, 2.24) is 9.96 Å². The molecule has 0 saturated carbocycles. The van der Waals surface area contributed by atoms with E-state index in [-0.39, 0.29) is 4.90 Å². The molecule has 0 fully saturated rings. The summed E-state index contributed by atoms with van der Waals surface area (Å²) in [4.78, 5) is 1.97. The van der Waals surface area contributed by atoms with Crippen molar-refractivity contribution in [3.05, 3.63) is 42.2 Å². The highest BCUT2D eigenvalue weighted by Gasteiger charge is 2.21. The first-order valence-corrected chi connectivity index (χ1v) is 6.55. The Bertz CT molecular complexity index is 522. The Kier molecular flexibility index (Phi) is 3.08. The maximum atomic E-state index is 11.9. The van der Waals surface area contributed by atoms with Crippen molar-refractivity contribution in [2.24, 2.45) is 0 Å². The summed E-state index contributed by atoms with van der Waals surface area (Å²) < 4.78 is 28.8. The first-order chi connectivity index (χ1) is 7.97. The average molecular weight is 254 g/mol. The van der Waals surface area contributed by atoms with Gasteiger partial charge in [0.2, 0.25) is 0 Å². The van der Waals surface area contributed by atoms with Crippen LogP contribution in [-0.4, -0.2) is 32.1 Å². The van der Waals surface area contributed by atoms with Crippen LogP contribution in [-0.2, 0) is 14.4 Å². The van der Waals surface area contributed by atoms with Gasteiger partial charge < -0.3 is 4.90 Å². The molecule has 1 aliphatic rings. The van der Waals surface area contributed by atoms with Gasteiger partial charge in [-0.3, -0.25) is 0 Å². The number of nitrogens with zero attached hydrogens (tertiary/aromatic N) is 2. The molecule has 1 heterocycles. The summed E-state index contributed by atoms with van der Waals surface area (Å²) in [6.45, 7) is 2.29. The third-order valence-corrected chi connectivity index (χ3v) is 3.59. The van der Waals surface area contributed by atoms with Crippen molar-refractivity contribution in [3.8, 4) is 0 Å². The highest BCUT2D eigenvalue weighted by molar-refractivity contribution is 7.86.